The van der Waals surface area contributed by atoms with E-state index in [1.807, 2.05) is 43.3 Å². The molecule has 1 amide bonds. The SMILES string of the molecule is CCc1ccnc(NC(=O)c2ccc(-n3c(=O)n(-c4cccc(NC)c4)c4ncnc(N)c43)cc2)c1. The van der Waals surface area contributed by atoms with Gasteiger partial charge in [0.25, 0.3) is 5.91 Å². The fourth-order valence-corrected chi connectivity index (χ4v) is 4.03. The number of fused-ring (bicyclic) bond motifs is 1. The van der Waals surface area contributed by atoms with Gasteiger partial charge in [0.1, 0.15) is 17.7 Å². The van der Waals surface area contributed by atoms with Gasteiger partial charge in [-0.1, -0.05) is 13.0 Å². The molecular formula is C26H24N8O2. The summed E-state index contributed by atoms with van der Waals surface area (Å²) in [5.74, 6) is 0.351. The van der Waals surface area contributed by atoms with Crippen molar-refractivity contribution >= 4 is 34.4 Å². The number of aryl methyl sites for hydroxylation is 1. The molecule has 2 aromatic carbocycles. The number of amides is 1. The highest BCUT2D eigenvalue weighted by Gasteiger charge is 2.20. The lowest BCUT2D eigenvalue weighted by Gasteiger charge is -2.08. The molecule has 0 saturated heterocycles. The predicted molar refractivity (Wildman–Crippen MR) is 140 cm³/mol. The number of rotatable bonds is 6. The molecule has 0 spiro atoms. The van der Waals surface area contributed by atoms with Gasteiger partial charge in [-0.2, -0.15) is 0 Å². The Morgan fingerprint density at radius 1 is 0.972 bits per heavy atom. The molecule has 36 heavy (non-hydrogen) atoms. The van der Waals surface area contributed by atoms with Crippen LogP contribution in [0.3, 0.4) is 0 Å². The van der Waals surface area contributed by atoms with Gasteiger partial charge in [-0.05, 0) is 66.6 Å². The van der Waals surface area contributed by atoms with Crippen LogP contribution in [-0.2, 0) is 6.42 Å². The minimum atomic E-state index is -0.358. The van der Waals surface area contributed by atoms with E-state index in [0.717, 1.165) is 17.7 Å². The molecule has 0 aliphatic rings. The number of hydrogen-bond acceptors (Lipinski definition) is 7. The van der Waals surface area contributed by atoms with Crippen LogP contribution in [0.5, 0.6) is 0 Å². The molecule has 4 N–H and O–H groups in total. The van der Waals surface area contributed by atoms with Crippen LogP contribution in [0.1, 0.15) is 22.8 Å². The van der Waals surface area contributed by atoms with Crippen molar-refractivity contribution < 1.29 is 4.79 Å². The van der Waals surface area contributed by atoms with Crippen molar-refractivity contribution in [1.82, 2.24) is 24.1 Å². The van der Waals surface area contributed by atoms with Crippen LogP contribution < -0.4 is 22.1 Å². The standard InChI is InChI=1S/C26H24N8O2/c1-3-16-11-12-29-21(13-16)32-25(35)17-7-9-19(10-8-17)33-22-23(27)30-15-31-24(22)34(26(33)36)20-6-4-5-18(14-20)28-2/h4-15,28H,3H2,1-2H3,(H2,27,30,31)(H,29,32,35). The normalized spacial score (nSPS) is 10.9. The van der Waals surface area contributed by atoms with E-state index in [-0.39, 0.29) is 17.4 Å². The smallest absolute Gasteiger partial charge is 0.339 e. The highest BCUT2D eigenvalue weighted by Crippen LogP contribution is 2.24. The Balaban J connectivity index is 1.55. The van der Waals surface area contributed by atoms with Crippen LogP contribution in [0.4, 0.5) is 17.3 Å². The van der Waals surface area contributed by atoms with Gasteiger partial charge in [-0.25, -0.2) is 24.3 Å². The number of carbonyl (C=O) groups is 1. The third-order valence-corrected chi connectivity index (χ3v) is 5.90. The Labute approximate surface area is 206 Å². The van der Waals surface area contributed by atoms with Crippen molar-refractivity contribution in [2.24, 2.45) is 0 Å². The Hall–Kier alpha value is -4.99. The highest BCUT2D eigenvalue weighted by atomic mass is 16.2. The predicted octanol–water partition coefficient (Wildman–Crippen LogP) is 3.41. The number of hydrogen-bond donors (Lipinski definition) is 3. The second-order valence-electron chi connectivity index (χ2n) is 8.09. The second kappa shape index (κ2) is 9.34. The van der Waals surface area contributed by atoms with Crippen LogP contribution in [0.15, 0.2) is 78.0 Å². The molecule has 0 unspecified atom stereocenters. The number of nitrogens with zero attached hydrogens (tertiary/aromatic N) is 5. The summed E-state index contributed by atoms with van der Waals surface area (Å²) >= 11 is 0. The molecule has 0 saturated carbocycles. The van der Waals surface area contributed by atoms with Crippen molar-refractivity contribution in [2.45, 2.75) is 13.3 Å². The first-order valence-corrected chi connectivity index (χ1v) is 11.4. The molecule has 180 valence electrons. The molecule has 5 rings (SSSR count). The summed E-state index contributed by atoms with van der Waals surface area (Å²) in [5, 5.41) is 5.88. The minimum Gasteiger partial charge on any atom is -0.388 e. The topological polar surface area (TPSA) is 133 Å². The summed E-state index contributed by atoms with van der Waals surface area (Å²) in [6, 6.07) is 17.8. The average molecular weight is 481 g/mol. The summed E-state index contributed by atoms with van der Waals surface area (Å²) < 4.78 is 2.94. The Bertz CT molecular complexity index is 1640. The van der Waals surface area contributed by atoms with E-state index >= 15 is 0 Å². The van der Waals surface area contributed by atoms with Gasteiger partial charge in [-0.15, -0.1) is 0 Å². The molecule has 0 radical (unpaired) electrons. The molecule has 3 heterocycles. The molecular weight excluding hydrogens is 456 g/mol. The molecule has 0 aliphatic heterocycles. The van der Waals surface area contributed by atoms with Crippen LogP contribution in [-0.4, -0.2) is 37.0 Å². The minimum absolute atomic E-state index is 0.171. The van der Waals surface area contributed by atoms with E-state index in [1.165, 1.54) is 15.5 Å². The largest absolute Gasteiger partial charge is 0.388 e. The van der Waals surface area contributed by atoms with Crippen LogP contribution in [0.25, 0.3) is 22.5 Å². The van der Waals surface area contributed by atoms with E-state index in [2.05, 4.69) is 25.6 Å². The molecule has 3 aromatic heterocycles. The lowest BCUT2D eigenvalue weighted by molar-refractivity contribution is 0.102. The third kappa shape index (κ3) is 4.05. The number of carbonyl (C=O) groups excluding carboxylic acids is 1. The third-order valence-electron chi connectivity index (χ3n) is 5.90. The summed E-state index contributed by atoms with van der Waals surface area (Å²) in [6.07, 6.45) is 3.84. The number of anilines is 3. The molecule has 0 bridgehead atoms. The van der Waals surface area contributed by atoms with Gasteiger partial charge >= 0.3 is 5.69 Å². The van der Waals surface area contributed by atoms with E-state index in [1.54, 1.807) is 37.5 Å². The molecule has 10 nitrogen and oxygen atoms in total. The summed E-state index contributed by atoms with van der Waals surface area (Å²) in [6.45, 7) is 2.04. The molecule has 5 aromatic rings. The number of benzene rings is 2. The number of nitrogens with one attached hydrogen (secondary N) is 2. The number of pyridine rings is 1. The zero-order chi connectivity index (χ0) is 25.2. The Morgan fingerprint density at radius 2 is 1.78 bits per heavy atom. The highest BCUT2D eigenvalue weighted by molar-refractivity contribution is 6.04. The summed E-state index contributed by atoms with van der Waals surface area (Å²) in [7, 11) is 1.81. The fourth-order valence-electron chi connectivity index (χ4n) is 4.03. The number of aromatic nitrogens is 5. The maximum absolute atomic E-state index is 13.7. The van der Waals surface area contributed by atoms with Crippen molar-refractivity contribution in [3.8, 4) is 11.4 Å². The first-order chi connectivity index (χ1) is 17.5. The van der Waals surface area contributed by atoms with E-state index in [0.29, 0.717) is 33.9 Å². The maximum Gasteiger partial charge on any atom is 0.339 e. The van der Waals surface area contributed by atoms with Gasteiger partial charge in [0.05, 0.1) is 11.4 Å². The maximum atomic E-state index is 13.7. The average Bonchev–Trinajstić information content (AvgIpc) is 3.21. The van der Waals surface area contributed by atoms with E-state index in [9.17, 15) is 9.59 Å². The molecule has 0 aliphatic carbocycles. The number of nitrogen functional groups attached to an aromatic ring is 1. The van der Waals surface area contributed by atoms with Gasteiger partial charge in [-0.3, -0.25) is 9.36 Å². The molecule has 0 atom stereocenters. The quantitative estimate of drug-likeness (QED) is 0.339. The fraction of sp³-hybridized carbons (Fsp3) is 0.115. The van der Waals surface area contributed by atoms with Gasteiger partial charge < -0.3 is 16.4 Å². The van der Waals surface area contributed by atoms with Gasteiger partial charge in [0.15, 0.2) is 11.5 Å². The Morgan fingerprint density at radius 3 is 2.53 bits per heavy atom. The van der Waals surface area contributed by atoms with Crippen molar-refractivity contribution in [1.29, 1.82) is 0 Å². The van der Waals surface area contributed by atoms with Crippen LogP contribution in [0, 0.1) is 0 Å². The summed E-state index contributed by atoms with van der Waals surface area (Å²) in [5.41, 5.74) is 10.1. The number of imidazole rings is 1. The zero-order valence-corrected chi connectivity index (χ0v) is 19.8. The lowest BCUT2D eigenvalue weighted by Crippen LogP contribution is -2.22. The van der Waals surface area contributed by atoms with E-state index in [4.69, 9.17) is 5.73 Å². The van der Waals surface area contributed by atoms with E-state index < -0.39 is 0 Å². The van der Waals surface area contributed by atoms with Crippen molar-refractivity contribution in [2.75, 3.05) is 23.4 Å². The summed E-state index contributed by atoms with van der Waals surface area (Å²) in [4.78, 5) is 39.1. The Kier molecular flexibility index (Phi) is 5.91. The molecule has 0 fully saturated rings. The van der Waals surface area contributed by atoms with Gasteiger partial charge in [0.2, 0.25) is 0 Å². The lowest BCUT2D eigenvalue weighted by atomic mass is 10.2. The van der Waals surface area contributed by atoms with Crippen LogP contribution >= 0.6 is 0 Å². The second-order valence-corrected chi connectivity index (χ2v) is 8.09. The molecule has 10 heteroatoms. The van der Waals surface area contributed by atoms with Crippen molar-refractivity contribution in [3.05, 3.63) is 94.8 Å². The number of nitrogens with two attached hydrogens (primary N) is 1. The first-order valence-electron chi connectivity index (χ1n) is 11.4. The monoisotopic (exact) mass is 480 g/mol. The zero-order valence-electron chi connectivity index (χ0n) is 19.8. The first kappa shape index (κ1) is 22.8. The van der Waals surface area contributed by atoms with Crippen molar-refractivity contribution in [3.63, 3.8) is 0 Å². The van der Waals surface area contributed by atoms with Gasteiger partial charge in [0, 0.05) is 24.5 Å². The van der Waals surface area contributed by atoms with Crippen LogP contribution in [0.2, 0.25) is 0 Å².